The fourth-order valence-corrected chi connectivity index (χ4v) is 10.5. The molecule has 6 heterocycles. The Hall–Kier alpha value is -3.74. The zero-order valence-electron chi connectivity index (χ0n) is 31.4. The standard InChI is InChI=1S/C30H42BF2N8O15P3/c1-17-13-18(2)40-21(17)14-20-8-7-19(41(20)31(40,32)33)9-10-23(42)35-11-5-3-4-6-12-52-57(46,47)55-59(50,51)56-58(48,49)53-15-22-25(43)26(44)29(54-22)39-16-36-24-27(39)37-30(34)38-28(24)45/h7-8,13-14,16,22,25-26,29,43-44H,3-6,9-12,15H2,1-2H3,(H,35,42)(H,46,47)(H,48,49)(H,50,51)(H3,34,37,38,45)/t22-,25-,26-,29-/m1/s1. The molecule has 0 saturated carbocycles. The van der Waals surface area contributed by atoms with Crippen LogP contribution < -0.4 is 16.6 Å². The van der Waals surface area contributed by atoms with Crippen LogP contribution in [0.4, 0.5) is 14.6 Å². The molecule has 3 aliphatic rings. The van der Waals surface area contributed by atoms with Gasteiger partial charge >= 0.3 is 30.4 Å². The van der Waals surface area contributed by atoms with E-state index < -0.39 is 73.8 Å². The van der Waals surface area contributed by atoms with Gasteiger partial charge in [0, 0.05) is 43.3 Å². The van der Waals surface area contributed by atoms with Gasteiger partial charge in [0.2, 0.25) is 11.9 Å². The first-order valence-electron chi connectivity index (χ1n) is 18.1. The minimum Gasteiger partial charge on any atom is -0.394 e. The zero-order chi connectivity index (χ0) is 43.1. The summed E-state index contributed by atoms with van der Waals surface area (Å²) in [5.74, 6) is -0.623. The van der Waals surface area contributed by atoms with Crippen LogP contribution in [-0.2, 0) is 40.9 Å². The number of nitrogens with one attached hydrogen (secondary N) is 2. The first-order chi connectivity index (χ1) is 27.6. The average Bonchev–Trinajstić information content (AvgIpc) is 3.87. The molecule has 3 aromatic rings. The number of nitrogens with two attached hydrogens (primary N) is 1. The Kier molecular flexibility index (Phi) is 13.2. The molecule has 0 aliphatic carbocycles. The summed E-state index contributed by atoms with van der Waals surface area (Å²) in [6.45, 7) is -1.95. The van der Waals surface area contributed by atoms with Crippen molar-refractivity contribution < 1.29 is 78.9 Å². The number of ether oxygens (including phenoxy) is 1. The van der Waals surface area contributed by atoms with Gasteiger partial charge < -0.3 is 58.3 Å². The molecule has 1 saturated heterocycles. The number of rotatable bonds is 19. The summed E-state index contributed by atoms with van der Waals surface area (Å²) in [5.41, 5.74) is 6.89. The number of carbonyl (C=O) groups excluding carboxylic acids is 1. The molecule has 23 nitrogen and oxygen atoms in total. The number of carbonyl (C=O) groups is 1. The van der Waals surface area contributed by atoms with Crippen molar-refractivity contribution >= 4 is 65.2 Å². The second kappa shape index (κ2) is 17.3. The van der Waals surface area contributed by atoms with Crippen LogP contribution in [0.2, 0.25) is 0 Å². The third-order valence-electron chi connectivity index (χ3n) is 9.54. The lowest BCUT2D eigenvalue weighted by molar-refractivity contribution is -0.362. The van der Waals surface area contributed by atoms with Crippen molar-refractivity contribution in [2.75, 3.05) is 25.5 Å². The summed E-state index contributed by atoms with van der Waals surface area (Å²) in [6, 6.07) is 1.71. The van der Waals surface area contributed by atoms with E-state index in [0.29, 0.717) is 42.1 Å². The number of aliphatic hydroxyl groups excluding tert-OH is 2. The number of anilines is 1. The number of fused-ring (bicyclic) bond motifs is 3. The molecule has 0 radical (unpaired) electrons. The highest BCUT2D eigenvalue weighted by atomic mass is 31.3. The number of H-pyrrole nitrogens is 1. The van der Waals surface area contributed by atoms with Gasteiger partial charge in [-0.2, -0.15) is 13.6 Å². The van der Waals surface area contributed by atoms with Crippen LogP contribution in [0, 0.1) is 13.8 Å². The minimum absolute atomic E-state index is 0.0188. The molecule has 9 N–H and O–H groups in total. The number of halogens is 2. The second-order valence-electron chi connectivity index (χ2n) is 13.9. The van der Waals surface area contributed by atoms with Crippen LogP contribution in [0.15, 0.2) is 35.0 Å². The van der Waals surface area contributed by atoms with Gasteiger partial charge in [-0.25, -0.2) is 18.7 Å². The molecule has 3 unspecified atom stereocenters. The maximum atomic E-state index is 15.6. The van der Waals surface area contributed by atoms with E-state index in [0.717, 1.165) is 25.4 Å². The number of aromatic nitrogens is 5. The predicted molar refractivity (Wildman–Crippen MR) is 202 cm³/mol. The van der Waals surface area contributed by atoms with Crippen LogP contribution >= 0.6 is 23.5 Å². The van der Waals surface area contributed by atoms with Gasteiger partial charge in [0.25, 0.3) is 5.56 Å². The van der Waals surface area contributed by atoms with Crippen molar-refractivity contribution in [2.24, 2.45) is 0 Å². The van der Waals surface area contributed by atoms with Crippen LogP contribution in [0.1, 0.15) is 61.7 Å². The molecule has 1 fully saturated rings. The molecule has 0 spiro atoms. The van der Waals surface area contributed by atoms with Crippen LogP contribution in [0.25, 0.3) is 17.2 Å². The van der Waals surface area contributed by atoms with Gasteiger partial charge in [-0.05, 0) is 44.0 Å². The molecule has 59 heavy (non-hydrogen) atoms. The van der Waals surface area contributed by atoms with E-state index in [4.69, 9.17) is 10.5 Å². The van der Waals surface area contributed by atoms with Gasteiger partial charge in [-0.1, -0.05) is 12.8 Å². The number of hydrogen-bond donors (Lipinski definition) is 8. The molecule has 3 aliphatic heterocycles. The van der Waals surface area contributed by atoms with Gasteiger partial charge in [-0.15, -0.1) is 0 Å². The molecule has 324 valence electrons. The molecule has 1 amide bonds. The largest absolute Gasteiger partial charge is 0.737 e. The van der Waals surface area contributed by atoms with E-state index in [9.17, 15) is 48.2 Å². The van der Waals surface area contributed by atoms with Crippen LogP contribution in [0.3, 0.4) is 0 Å². The summed E-state index contributed by atoms with van der Waals surface area (Å²) >= 11 is 0. The lowest BCUT2D eigenvalue weighted by Crippen LogP contribution is -2.50. The van der Waals surface area contributed by atoms with Crippen molar-refractivity contribution in [3.05, 3.63) is 57.5 Å². The SMILES string of the molecule is Cc1cc(C)n2c1C=C1C=CC(CCC(=O)NCCCCCCOP(=O)(O)OP(=O)(O)OP(=O)(O)OC[C@H]3O[C@@H](n4cnc5c(=O)[nH]c(N)nc54)[C@H](O)[C@@H]3O)=[N+]1[B-]2(F)F. The number of aryl methyl sites for hydroxylation is 2. The molecule has 0 bridgehead atoms. The number of allylic oxidation sites excluding steroid dienone is 2. The van der Waals surface area contributed by atoms with E-state index in [1.165, 1.54) is 0 Å². The third-order valence-corrected chi connectivity index (χ3v) is 13.8. The smallest absolute Gasteiger partial charge is 0.394 e. The molecule has 0 aromatic carbocycles. The van der Waals surface area contributed by atoms with E-state index in [2.05, 4.69) is 37.9 Å². The number of phosphoric acid groups is 3. The van der Waals surface area contributed by atoms with E-state index in [1.54, 1.807) is 38.1 Å². The summed E-state index contributed by atoms with van der Waals surface area (Å²) in [7, 11) is -16.7. The van der Waals surface area contributed by atoms with Gasteiger partial charge in [0.1, 0.15) is 24.0 Å². The number of nitrogens with zero attached hydrogens (tertiary/aromatic N) is 5. The lowest BCUT2D eigenvalue weighted by atomic mass is 9.90. The molecule has 6 rings (SSSR count). The predicted octanol–water partition coefficient (Wildman–Crippen LogP) is 1.86. The number of aromatic amines is 1. The normalized spacial score (nSPS) is 24.1. The number of nitrogen functional groups attached to an aromatic ring is 1. The summed E-state index contributed by atoms with van der Waals surface area (Å²) in [4.78, 5) is 64.3. The van der Waals surface area contributed by atoms with Crippen LogP contribution in [-0.4, -0.2) is 110 Å². The average molecular weight is 896 g/mol. The topological polar surface area (TPSA) is 325 Å². The first-order valence-corrected chi connectivity index (χ1v) is 22.5. The molecule has 7 atom stereocenters. The van der Waals surface area contributed by atoms with Gasteiger partial charge in [0.15, 0.2) is 23.1 Å². The lowest BCUT2D eigenvalue weighted by Gasteiger charge is -2.30. The number of hydrogen-bond acceptors (Lipinski definition) is 15. The Labute approximate surface area is 333 Å². The quantitative estimate of drug-likeness (QED) is 0.0484. The number of amides is 1. The van der Waals surface area contributed by atoms with Crippen molar-refractivity contribution in [1.82, 2.24) is 29.3 Å². The Balaban J connectivity index is 0.866. The van der Waals surface area contributed by atoms with Crippen molar-refractivity contribution in [3.63, 3.8) is 0 Å². The number of phosphoric ester groups is 2. The molecule has 29 heteroatoms. The highest BCUT2D eigenvalue weighted by Crippen LogP contribution is 2.67. The number of imidazole rings is 1. The maximum absolute atomic E-state index is 15.6. The monoisotopic (exact) mass is 896 g/mol. The second-order valence-corrected chi connectivity index (χ2v) is 18.5. The van der Waals surface area contributed by atoms with E-state index in [-0.39, 0.29) is 48.8 Å². The van der Waals surface area contributed by atoms with Crippen molar-refractivity contribution in [2.45, 2.75) is 76.9 Å². The fourth-order valence-electron chi connectivity index (χ4n) is 6.93. The Morgan fingerprint density at radius 2 is 1.75 bits per heavy atom. The van der Waals surface area contributed by atoms with E-state index >= 15 is 8.63 Å². The number of aliphatic hydroxyl groups is 2. The third kappa shape index (κ3) is 10.1. The summed E-state index contributed by atoms with van der Waals surface area (Å²) in [5, 5.41) is 23.7. The Morgan fingerprint density at radius 3 is 2.47 bits per heavy atom. The fraction of sp³-hybridized carbons (Fsp3) is 0.500. The van der Waals surface area contributed by atoms with Gasteiger partial charge in [-0.3, -0.25) is 28.2 Å². The minimum atomic E-state index is -5.82. The highest BCUT2D eigenvalue weighted by Gasteiger charge is 2.52. The van der Waals surface area contributed by atoms with Crippen LogP contribution in [0.5, 0.6) is 0 Å². The Morgan fingerprint density at radius 1 is 1.05 bits per heavy atom. The van der Waals surface area contributed by atoms with Crippen molar-refractivity contribution in [3.8, 4) is 0 Å². The van der Waals surface area contributed by atoms with Gasteiger partial charge in [0.05, 0.1) is 19.5 Å². The number of unbranched alkanes of at least 4 members (excludes halogenated alkanes) is 3. The zero-order valence-corrected chi connectivity index (χ0v) is 34.1. The van der Waals surface area contributed by atoms with Crippen molar-refractivity contribution in [1.29, 1.82) is 0 Å². The van der Waals surface area contributed by atoms with E-state index in [1.807, 2.05) is 0 Å². The highest BCUT2D eigenvalue weighted by molar-refractivity contribution is 7.66. The molecular formula is C30H42BF2N8O15P3. The molecular weight excluding hydrogens is 854 g/mol. The Bertz CT molecular complexity index is 2420. The molecule has 3 aromatic heterocycles. The summed E-state index contributed by atoms with van der Waals surface area (Å²) < 4.78 is 94.1. The maximum Gasteiger partial charge on any atom is 0.737 e. The first kappa shape index (κ1) is 44.8. The summed E-state index contributed by atoms with van der Waals surface area (Å²) in [6.07, 6.45) is 1.08.